The summed E-state index contributed by atoms with van der Waals surface area (Å²) in [7, 11) is 0. The van der Waals surface area contributed by atoms with Gasteiger partial charge in [0.1, 0.15) is 17.2 Å². The van der Waals surface area contributed by atoms with Gasteiger partial charge >= 0.3 is 0 Å². The lowest BCUT2D eigenvalue weighted by Crippen LogP contribution is -2.37. The van der Waals surface area contributed by atoms with Crippen LogP contribution < -0.4 is 26.8 Å². The third kappa shape index (κ3) is 3.92. The number of hydrogen-bond acceptors (Lipinski definition) is 6. The van der Waals surface area contributed by atoms with Gasteiger partial charge < -0.3 is 16.0 Å². The first-order valence-electron chi connectivity index (χ1n) is 8.31. The first-order chi connectivity index (χ1) is 13.0. The van der Waals surface area contributed by atoms with E-state index in [0.29, 0.717) is 11.5 Å². The Labute approximate surface area is 155 Å². The number of carbonyl (C=O) groups excluding carboxylic acids is 1. The zero-order valence-corrected chi connectivity index (χ0v) is 14.7. The van der Waals surface area contributed by atoms with E-state index in [1.54, 1.807) is 12.1 Å². The van der Waals surface area contributed by atoms with Gasteiger partial charge in [-0.3, -0.25) is 14.4 Å². The molecule has 1 unspecified atom stereocenters. The van der Waals surface area contributed by atoms with E-state index in [4.69, 9.17) is 0 Å². The molecule has 2 aromatic carbocycles. The lowest BCUT2D eigenvalue weighted by atomic mass is 10.1. The molecule has 3 N–H and O–H groups in total. The average molecular weight is 362 g/mol. The maximum atomic E-state index is 12.0. The molecule has 1 heterocycles. The Morgan fingerprint density at radius 2 is 1.81 bits per heavy atom. The fourth-order valence-corrected chi connectivity index (χ4v) is 2.59. The molecular formula is C20H18N4O3. The molecule has 3 aromatic rings. The number of benzene rings is 1. The lowest BCUT2D eigenvalue weighted by Gasteiger charge is -2.20. The maximum Gasteiger partial charge on any atom is 0.253 e. The van der Waals surface area contributed by atoms with Gasteiger partial charge in [-0.15, -0.1) is 0 Å². The van der Waals surface area contributed by atoms with Crippen LogP contribution in [-0.2, 0) is 4.79 Å². The molecule has 1 atom stereocenters. The van der Waals surface area contributed by atoms with E-state index < -0.39 is 16.8 Å². The van der Waals surface area contributed by atoms with Crippen molar-refractivity contribution in [1.29, 1.82) is 0 Å². The van der Waals surface area contributed by atoms with Crippen LogP contribution in [0, 0.1) is 0 Å². The highest BCUT2D eigenvalue weighted by atomic mass is 16.2. The minimum absolute atomic E-state index is 0.144. The van der Waals surface area contributed by atoms with E-state index >= 15 is 0 Å². The summed E-state index contributed by atoms with van der Waals surface area (Å²) in [6, 6.07) is 12.6. The van der Waals surface area contributed by atoms with Gasteiger partial charge in [-0.25, -0.2) is 4.98 Å². The summed E-state index contributed by atoms with van der Waals surface area (Å²) in [5, 5.41) is 8.55. The number of hydrogen-bond donors (Lipinski definition) is 3. The predicted octanol–water partition coefficient (Wildman–Crippen LogP) is 2.72. The van der Waals surface area contributed by atoms with E-state index in [1.807, 2.05) is 37.3 Å². The number of nitrogens with zero attached hydrogens (tertiary/aromatic N) is 1. The van der Waals surface area contributed by atoms with Gasteiger partial charge in [0.2, 0.25) is 5.91 Å². The molecule has 7 nitrogen and oxygen atoms in total. The Hall–Kier alpha value is -3.74. The predicted molar refractivity (Wildman–Crippen MR) is 106 cm³/mol. The van der Waals surface area contributed by atoms with Crippen molar-refractivity contribution < 1.29 is 4.79 Å². The number of aromatic nitrogens is 1. The standard InChI is InChI=1S/C20H18N4O3/c1-3-16(25)24-15-11-14(9-10-21-15)23-18-17(19(26)20(18)27)22-12(2)13-7-5-4-6-8-13/h3-12,22H,1H2,2H3,(H2,21,23,24,25). The number of anilines is 4. The molecule has 0 bridgehead atoms. The highest BCUT2D eigenvalue weighted by molar-refractivity contribution is 5.98. The Morgan fingerprint density at radius 1 is 1.11 bits per heavy atom. The first-order valence-corrected chi connectivity index (χ1v) is 8.31. The van der Waals surface area contributed by atoms with E-state index in [0.717, 1.165) is 11.6 Å². The Morgan fingerprint density at radius 3 is 2.52 bits per heavy atom. The van der Waals surface area contributed by atoms with Crippen LogP contribution in [0.3, 0.4) is 0 Å². The molecule has 0 aliphatic carbocycles. The SMILES string of the molecule is C=CC(=O)Nc1cc(Nc2c(NC(C)c3ccccc3)c(=O)c2=O)ccn1. The normalized spacial score (nSPS) is 11.6. The van der Waals surface area contributed by atoms with Crippen LogP contribution in [0.1, 0.15) is 18.5 Å². The van der Waals surface area contributed by atoms with E-state index in [1.165, 1.54) is 6.20 Å². The molecular weight excluding hydrogens is 344 g/mol. The van der Waals surface area contributed by atoms with Crippen LogP contribution in [0.15, 0.2) is 70.9 Å². The fraction of sp³-hybridized carbons (Fsp3) is 0.100. The van der Waals surface area contributed by atoms with E-state index in [9.17, 15) is 14.4 Å². The lowest BCUT2D eigenvalue weighted by molar-refractivity contribution is -0.111. The number of amides is 1. The van der Waals surface area contributed by atoms with Crippen molar-refractivity contribution in [3.63, 3.8) is 0 Å². The minimum atomic E-state index is -0.591. The third-order valence-electron chi connectivity index (χ3n) is 4.04. The number of pyridine rings is 1. The molecule has 0 saturated carbocycles. The minimum Gasteiger partial charge on any atom is -0.373 e. The Kier molecular flexibility index (Phi) is 5.12. The summed E-state index contributed by atoms with van der Waals surface area (Å²) < 4.78 is 0. The van der Waals surface area contributed by atoms with Gasteiger partial charge in [-0.2, -0.15) is 0 Å². The van der Waals surface area contributed by atoms with E-state index in [-0.39, 0.29) is 17.4 Å². The first kappa shape index (κ1) is 18.1. The number of carbonyl (C=O) groups is 1. The summed E-state index contributed by atoms with van der Waals surface area (Å²) in [4.78, 5) is 39.4. The Bertz CT molecular complexity index is 1050. The zero-order chi connectivity index (χ0) is 19.4. The van der Waals surface area contributed by atoms with Crippen LogP contribution in [0.25, 0.3) is 0 Å². The van der Waals surface area contributed by atoms with Gasteiger partial charge in [0.15, 0.2) is 0 Å². The van der Waals surface area contributed by atoms with Crippen molar-refractivity contribution in [1.82, 2.24) is 4.98 Å². The summed E-state index contributed by atoms with van der Waals surface area (Å²) in [6.07, 6.45) is 2.61. The smallest absolute Gasteiger partial charge is 0.253 e. The second-order valence-corrected chi connectivity index (χ2v) is 5.93. The third-order valence-corrected chi connectivity index (χ3v) is 4.04. The van der Waals surface area contributed by atoms with Crippen LogP contribution in [-0.4, -0.2) is 10.9 Å². The quantitative estimate of drug-likeness (QED) is 0.441. The molecule has 1 aromatic heterocycles. The Balaban J connectivity index is 1.79. The second-order valence-electron chi connectivity index (χ2n) is 5.93. The van der Waals surface area contributed by atoms with Crippen LogP contribution in [0.2, 0.25) is 0 Å². The van der Waals surface area contributed by atoms with Gasteiger partial charge in [0.25, 0.3) is 10.9 Å². The number of rotatable bonds is 7. The second kappa shape index (κ2) is 7.65. The molecule has 7 heteroatoms. The topological polar surface area (TPSA) is 100 Å². The zero-order valence-electron chi connectivity index (χ0n) is 14.7. The highest BCUT2D eigenvalue weighted by Crippen LogP contribution is 2.25. The van der Waals surface area contributed by atoms with Crippen molar-refractivity contribution in [2.24, 2.45) is 0 Å². The van der Waals surface area contributed by atoms with Crippen molar-refractivity contribution >= 4 is 28.8 Å². The largest absolute Gasteiger partial charge is 0.373 e. The fourth-order valence-electron chi connectivity index (χ4n) is 2.59. The monoisotopic (exact) mass is 362 g/mol. The molecule has 0 aliphatic rings. The summed E-state index contributed by atoms with van der Waals surface area (Å²) in [6.45, 7) is 5.29. The van der Waals surface area contributed by atoms with Gasteiger partial charge in [-0.05, 0) is 24.6 Å². The molecule has 0 fully saturated rings. The maximum absolute atomic E-state index is 12.0. The van der Waals surface area contributed by atoms with Crippen molar-refractivity contribution in [3.05, 3.63) is 87.3 Å². The molecule has 0 spiro atoms. The van der Waals surface area contributed by atoms with Crippen molar-refractivity contribution in [3.8, 4) is 0 Å². The summed E-state index contributed by atoms with van der Waals surface area (Å²) in [5.74, 6) is -0.0939. The summed E-state index contributed by atoms with van der Waals surface area (Å²) in [5.41, 5.74) is 0.794. The molecule has 3 rings (SSSR count). The molecule has 0 saturated heterocycles. The molecule has 1 amide bonds. The van der Waals surface area contributed by atoms with Crippen LogP contribution >= 0.6 is 0 Å². The van der Waals surface area contributed by atoms with E-state index in [2.05, 4.69) is 27.5 Å². The summed E-state index contributed by atoms with van der Waals surface area (Å²) >= 11 is 0. The van der Waals surface area contributed by atoms with Gasteiger partial charge in [0.05, 0.1) is 0 Å². The molecule has 136 valence electrons. The van der Waals surface area contributed by atoms with Crippen LogP contribution in [0.4, 0.5) is 22.9 Å². The molecule has 0 radical (unpaired) electrons. The molecule has 0 aliphatic heterocycles. The van der Waals surface area contributed by atoms with Crippen molar-refractivity contribution in [2.75, 3.05) is 16.0 Å². The van der Waals surface area contributed by atoms with Gasteiger partial charge in [0, 0.05) is 24.0 Å². The number of nitrogens with one attached hydrogen (secondary N) is 3. The average Bonchev–Trinajstić information content (AvgIpc) is 2.70. The van der Waals surface area contributed by atoms with Crippen LogP contribution in [0.5, 0.6) is 0 Å². The van der Waals surface area contributed by atoms with Gasteiger partial charge in [-0.1, -0.05) is 36.9 Å². The highest BCUT2D eigenvalue weighted by Gasteiger charge is 2.23. The molecule has 27 heavy (non-hydrogen) atoms. The van der Waals surface area contributed by atoms with Crippen molar-refractivity contribution in [2.45, 2.75) is 13.0 Å².